The molecule has 18 heavy (non-hydrogen) atoms. The first-order chi connectivity index (χ1) is 8.41. The van der Waals surface area contributed by atoms with Crippen LogP contribution in [0.4, 0.5) is 0 Å². The Balaban J connectivity index is 2.65. The van der Waals surface area contributed by atoms with Gasteiger partial charge in [-0.15, -0.1) is 0 Å². The van der Waals surface area contributed by atoms with E-state index in [9.17, 15) is 4.79 Å². The average molecular weight is 270 g/mol. The van der Waals surface area contributed by atoms with Crippen molar-refractivity contribution >= 4 is 17.5 Å². The zero-order valence-corrected chi connectivity index (χ0v) is 12.1. The summed E-state index contributed by atoms with van der Waals surface area (Å²) in [6.07, 6.45) is 0.0591. The summed E-state index contributed by atoms with van der Waals surface area (Å²) in [7, 11) is 1.78. The molecule has 0 saturated carbocycles. The van der Waals surface area contributed by atoms with Gasteiger partial charge in [0, 0.05) is 12.1 Å². The number of hydrogen-bond acceptors (Lipinski definition) is 2. The van der Waals surface area contributed by atoms with Gasteiger partial charge in [-0.3, -0.25) is 4.79 Å². The minimum absolute atomic E-state index is 0.0213. The molecule has 1 rings (SSSR count). The lowest BCUT2D eigenvalue weighted by atomic mass is 10.1. The average Bonchev–Trinajstić information content (AvgIpc) is 2.34. The van der Waals surface area contributed by atoms with Crippen LogP contribution in [0.3, 0.4) is 0 Å². The summed E-state index contributed by atoms with van der Waals surface area (Å²) in [6.45, 7) is 5.90. The number of benzene rings is 1. The molecule has 0 aliphatic carbocycles. The van der Waals surface area contributed by atoms with Crippen molar-refractivity contribution in [2.75, 3.05) is 13.7 Å². The van der Waals surface area contributed by atoms with Gasteiger partial charge in [-0.25, -0.2) is 0 Å². The Bertz CT molecular complexity index is 407. The third kappa shape index (κ3) is 4.31. The first kappa shape index (κ1) is 15.0. The van der Waals surface area contributed by atoms with E-state index in [1.54, 1.807) is 11.9 Å². The molecule has 0 N–H and O–H groups in total. The van der Waals surface area contributed by atoms with E-state index in [-0.39, 0.29) is 24.7 Å². The highest BCUT2D eigenvalue weighted by Gasteiger charge is 2.17. The Morgan fingerprint density at radius 2 is 2.06 bits per heavy atom. The Labute approximate surface area is 114 Å². The quantitative estimate of drug-likeness (QED) is 0.821. The lowest BCUT2D eigenvalue weighted by Crippen LogP contribution is -2.33. The molecule has 0 heterocycles. The Morgan fingerprint density at radius 3 is 2.61 bits per heavy atom. The lowest BCUT2D eigenvalue weighted by molar-refractivity contribution is -0.138. The minimum atomic E-state index is -0.0313. The predicted molar refractivity (Wildman–Crippen MR) is 73.7 cm³/mol. The highest BCUT2D eigenvalue weighted by atomic mass is 35.5. The summed E-state index contributed by atoms with van der Waals surface area (Å²) in [5.41, 5.74) is 1.02. The Kier molecular flexibility index (Phi) is 5.63. The zero-order chi connectivity index (χ0) is 13.7. The van der Waals surface area contributed by atoms with Gasteiger partial charge in [0.2, 0.25) is 5.91 Å². The van der Waals surface area contributed by atoms with Crippen LogP contribution in [0.15, 0.2) is 24.3 Å². The number of amides is 1. The molecule has 0 aliphatic heterocycles. The highest BCUT2D eigenvalue weighted by molar-refractivity contribution is 6.30. The van der Waals surface area contributed by atoms with Crippen molar-refractivity contribution < 1.29 is 9.53 Å². The summed E-state index contributed by atoms with van der Waals surface area (Å²) >= 11 is 5.95. The van der Waals surface area contributed by atoms with Crippen LogP contribution in [0.5, 0.6) is 0 Å². The van der Waals surface area contributed by atoms with Crippen molar-refractivity contribution in [2.24, 2.45) is 0 Å². The standard InChI is InChI=1S/C14H20ClNO2/c1-10(2)18-9-14(17)16(4)11(3)12-6-5-7-13(15)8-12/h5-8,10-11H,9H2,1-4H3. The number of rotatable bonds is 5. The van der Waals surface area contributed by atoms with Crippen LogP contribution < -0.4 is 0 Å². The topological polar surface area (TPSA) is 29.5 Å². The largest absolute Gasteiger partial charge is 0.369 e. The maximum Gasteiger partial charge on any atom is 0.248 e. The van der Waals surface area contributed by atoms with E-state index in [1.807, 2.05) is 45.0 Å². The van der Waals surface area contributed by atoms with Crippen LogP contribution in [0.2, 0.25) is 5.02 Å². The van der Waals surface area contributed by atoms with E-state index in [0.717, 1.165) is 5.56 Å². The highest BCUT2D eigenvalue weighted by Crippen LogP contribution is 2.21. The molecule has 1 atom stereocenters. The fourth-order valence-corrected chi connectivity index (χ4v) is 1.74. The normalized spacial score (nSPS) is 12.6. The van der Waals surface area contributed by atoms with Gasteiger partial charge >= 0.3 is 0 Å². The molecule has 0 aromatic heterocycles. The van der Waals surface area contributed by atoms with Gasteiger partial charge < -0.3 is 9.64 Å². The molecule has 0 saturated heterocycles. The number of ether oxygens (including phenoxy) is 1. The van der Waals surface area contributed by atoms with Crippen LogP contribution in [0.1, 0.15) is 32.4 Å². The molecule has 0 fully saturated rings. The van der Waals surface area contributed by atoms with Gasteiger partial charge in [0.05, 0.1) is 12.1 Å². The Morgan fingerprint density at radius 1 is 1.39 bits per heavy atom. The third-order valence-electron chi connectivity index (χ3n) is 2.85. The molecular formula is C14H20ClNO2. The van der Waals surface area contributed by atoms with E-state index in [2.05, 4.69) is 0 Å². The maximum absolute atomic E-state index is 11.9. The van der Waals surface area contributed by atoms with E-state index in [0.29, 0.717) is 5.02 Å². The van der Waals surface area contributed by atoms with E-state index in [4.69, 9.17) is 16.3 Å². The van der Waals surface area contributed by atoms with Gasteiger partial charge in [0.25, 0.3) is 0 Å². The summed E-state index contributed by atoms with van der Waals surface area (Å²) in [4.78, 5) is 13.6. The van der Waals surface area contributed by atoms with Crippen molar-refractivity contribution in [2.45, 2.75) is 32.9 Å². The molecule has 0 aliphatic rings. The second-order valence-corrected chi connectivity index (χ2v) is 5.03. The van der Waals surface area contributed by atoms with Gasteiger partial charge in [-0.05, 0) is 38.5 Å². The third-order valence-corrected chi connectivity index (χ3v) is 3.08. The molecule has 1 aromatic carbocycles. The SMILES string of the molecule is CC(C)OCC(=O)N(C)C(C)c1cccc(Cl)c1. The smallest absolute Gasteiger partial charge is 0.248 e. The number of carbonyl (C=O) groups is 1. The fraction of sp³-hybridized carbons (Fsp3) is 0.500. The van der Waals surface area contributed by atoms with E-state index in [1.165, 1.54) is 0 Å². The summed E-state index contributed by atoms with van der Waals surface area (Å²) in [5, 5.41) is 0.679. The molecule has 0 spiro atoms. The molecule has 0 bridgehead atoms. The van der Waals surface area contributed by atoms with Crippen molar-refractivity contribution in [3.05, 3.63) is 34.9 Å². The van der Waals surface area contributed by atoms with Crippen LogP contribution in [-0.4, -0.2) is 30.6 Å². The maximum atomic E-state index is 11.9. The van der Waals surface area contributed by atoms with Gasteiger partial charge in [0.15, 0.2) is 0 Å². The van der Waals surface area contributed by atoms with Crippen molar-refractivity contribution in [3.8, 4) is 0 Å². The molecule has 1 unspecified atom stereocenters. The van der Waals surface area contributed by atoms with Crippen LogP contribution in [-0.2, 0) is 9.53 Å². The molecule has 100 valence electrons. The summed E-state index contributed by atoms with van der Waals surface area (Å²) < 4.78 is 5.32. The first-order valence-corrected chi connectivity index (χ1v) is 6.42. The lowest BCUT2D eigenvalue weighted by Gasteiger charge is -2.25. The van der Waals surface area contributed by atoms with Crippen molar-refractivity contribution in [1.29, 1.82) is 0 Å². The van der Waals surface area contributed by atoms with Crippen LogP contribution >= 0.6 is 11.6 Å². The molecule has 0 radical (unpaired) electrons. The van der Waals surface area contributed by atoms with Gasteiger partial charge in [-0.2, -0.15) is 0 Å². The predicted octanol–water partition coefficient (Wildman–Crippen LogP) is 3.28. The van der Waals surface area contributed by atoms with E-state index >= 15 is 0 Å². The van der Waals surface area contributed by atoms with Crippen LogP contribution in [0.25, 0.3) is 0 Å². The first-order valence-electron chi connectivity index (χ1n) is 6.04. The molecular weight excluding hydrogens is 250 g/mol. The zero-order valence-electron chi connectivity index (χ0n) is 11.3. The minimum Gasteiger partial charge on any atom is -0.369 e. The number of halogens is 1. The number of carbonyl (C=O) groups excluding carboxylic acids is 1. The van der Waals surface area contributed by atoms with Crippen molar-refractivity contribution in [1.82, 2.24) is 4.90 Å². The molecule has 1 amide bonds. The number of likely N-dealkylation sites (N-methyl/N-ethyl adjacent to an activating group) is 1. The number of nitrogens with zero attached hydrogens (tertiary/aromatic N) is 1. The van der Waals surface area contributed by atoms with Crippen LogP contribution in [0, 0.1) is 0 Å². The monoisotopic (exact) mass is 269 g/mol. The van der Waals surface area contributed by atoms with Crippen molar-refractivity contribution in [3.63, 3.8) is 0 Å². The second kappa shape index (κ2) is 6.76. The molecule has 1 aromatic rings. The second-order valence-electron chi connectivity index (χ2n) is 4.60. The Hall–Kier alpha value is -1.06. The summed E-state index contributed by atoms with van der Waals surface area (Å²) in [6, 6.07) is 7.52. The van der Waals surface area contributed by atoms with Gasteiger partial charge in [-0.1, -0.05) is 23.7 Å². The summed E-state index contributed by atoms with van der Waals surface area (Å²) in [5.74, 6) is -0.0313. The molecule has 4 heteroatoms. The fourth-order valence-electron chi connectivity index (χ4n) is 1.55. The molecule has 3 nitrogen and oxygen atoms in total. The van der Waals surface area contributed by atoms with Gasteiger partial charge in [0.1, 0.15) is 6.61 Å². The van der Waals surface area contributed by atoms with E-state index < -0.39 is 0 Å². The number of hydrogen-bond donors (Lipinski definition) is 0.